The van der Waals surface area contributed by atoms with Crippen LogP contribution in [0.3, 0.4) is 0 Å². The molecule has 0 aliphatic heterocycles. The van der Waals surface area contributed by atoms with E-state index in [0.717, 1.165) is 17.7 Å². The van der Waals surface area contributed by atoms with Gasteiger partial charge in [0.2, 0.25) is 0 Å². The van der Waals surface area contributed by atoms with Gasteiger partial charge in [-0.2, -0.15) is 0 Å². The molecule has 0 radical (unpaired) electrons. The van der Waals surface area contributed by atoms with Crippen molar-refractivity contribution in [2.75, 3.05) is 13.7 Å². The molecule has 2 atom stereocenters. The number of hydrogen-bond donors (Lipinski definition) is 3. The van der Waals surface area contributed by atoms with Crippen molar-refractivity contribution in [3.8, 4) is 5.75 Å². The smallest absolute Gasteiger partial charge is 0.315 e. The quantitative estimate of drug-likeness (QED) is 0.720. The van der Waals surface area contributed by atoms with E-state index in [2.05, 4.69) is 10.6 Å². The van der Waals surface area contributed by atoms with Gasteiger partial charge >= 0.3 is 6.03 Å². The van der Waals surface area contributed by atoms with E-state index in [-0.39, 0.29) is 24.4 Å². The molecule has 0 saturated carbocycles. The standard InChI is InChI=1S/C19H23FN2O3/c1-3-17(13-6-10-16(25-2)11-7-13)22-19(24)21-12-18(23)14-4-8-15(20)9-5-14/h4-11,17-18,23H,3,12H2,1-2H3,(H2,21,22,24)/t17-,18-/m0/s1. The zero-order chi connectivity index (χ0) is 18.2. The molecule has 25 heavy (non-hydrogen) atoms. The normalized spacial score (nSPS) is 13.0. The third-order valence-corrected chi connectivity index (χ3v) is 3.94. The number of aliphatic hydroxyl groups is 1. The molecule has 0 unspecified atom stereocenters. The van der Waals surface area contributed by atoms with Crippen molar-refractivity contribution in [1.82, 2.24) is 10.6 Å². The van der Waals surface area contributed by atoms with Crippen LogP contribution in [-0.2, 0) is 0 Å². The minimum atomic E-state index is -0.896. The van der Waals surface area contributed by atoms with E-state index in [1.54, 1.807) is 7.11 Å². The maximum atomic E-state index is 12.9. The van der Waals surface area contributed by atoms with Crippen molar-refractivity contribution in [2.45, 2.75) is 25.5 Å². The molecule has 6 heteroatoms. The SMILES string of the molecule is CC[C@H](NC(=O)NC[C@H](O)c1ccc(F)cc1)c1ccc(OC)cc1. The monoisotopic (exact) mass is 346 g/mol. The average Bonchev–Trinajstić information content (AvgIpc) is 2.65. The Morgan fingerprint density at radius 2 is 1.72 bits per heavy atom. The van der Waals surface area contributed by atoms with Crippen LogP contribution in [0, 0.1) is 5.82 Å². The fraction of sp³-hybridized carbons (Fsp3) is 0.316. The van der Waals surface area contributed by atoms with Crippen LogP contribution in [0.5, 0.6) is 5.75 Å². The summed E-state index contributed by atoms with van der Waals surface area (Å²) in [6, 6.07) is 12.5. The Balaban J connectivity index is 1.87. The summed E-state index contributed by atoms with van der Waals surface area (Å²) in [5.74, 6) is 0.386. The highest BCUT2D eigenvalue weighted by Gasteiger charge is 2.14. The summed E-state index contributed by atoms with van der Waals surface area (Å²) in [5.41, 5.74) is 1.52. The third kappa shape index (κ3) is 5.46. The van der Waals surface area contributed by atoms with Crippen LogP contribution in [0.1, 0.15) is 36.6 Å². The van der Waals surface area contributed by atoms with Gasteiger partial charge in [-0.15, -0.1) is 0 Å². The summed E-state index contributed by atoms with van der Waals surface area (Å²) in [5, 5.41) is 15.6. The van der Waals surface area contributed by atoms with E-state index in [0.29, 0.717) is 5.56 Å². The first-order valence-electron chi connectivity index (χ1n) is 8.15. The van der Waals surface area contributed by atoms with Crippen LogP contribution >= 0.6 is 0 Å². The molecule has 2 rings (SSSR count). The van der Waals surface area contributed by atoms with E-state index < -0.39 is 6.10 Å². The predicted octanol–water partition coefficient (Wildman–Crippen LogP) is 3.32. The van der Waals surface area contributed by atoms with Crippen LogP contribution in [0.4, 0.5) is 9.18 Å². The van der Waals surface area contributed by atoms with Gasteiger partial charge in [-0.1, -0.05) is 31.2 Å². The van der Waals surface area contributed by atoms with Crippen molar-refractivity contribution >= 4 is 6.03 Å². The predicted molar refractivity (Wildman–Crippen MR) is 93.9 cm³/mol. The molecule has 2 aromatic carbocycles. The molecule has 2 amide bonds. The zero-order valence-electron chi connectivity index (χ0n) is 14.3. The fourth-order valence-electron chi connectivity index (χ4n) is 2.46. The van der Waals surface area contributed by atoms with Gasteiger partial charge in [-0.25, -0.2) is 9.18 Å². The summed E-state index contributed by atoms with van der Waals surface area (Å²) in [4.78, 5) is 12.1. The Hall–Kier alpha value is -2.60. The number of benzene rings is 2. The van der Waals surface area contributed by atoms with Crippen LogP contribution in [0.25, 0.3) is 0 Å². The van der Waals surface area contributed by atoms with Crippen molar-refractivity contribution in [3.63, 3.8) is 0 Å². The number of carbonyl (C=O) groups is 1. The molecule has 0 spiro atoms. The number of nitrogens with one attached hydrogen (secondary N) is 2. The maximum absolute atomic E-state index is 12.9. The number of methoxy groups -OCH3 is 1. The van der Waals surface area contributed by atoms with Gasteiger partial charge in [0, 0.05) is 6.54 Å². The molecular weight excluding hydrogens is 323 g/mol. The second-order valence-corrected chi connectivity index (χ2v) is 5.66. The maximum Gasteiger partial charge on any atom is 0.315 e. The van der Waals surface area contributed by atoms with Crippen LogP contribution < -0.4 is 15.4 Å². The minimum absolute atomic E-state index is 0.0382. The molecule has 0 aliphatic rings. The summed E-state index contributed by atoms with van der Waals surface area (Å²) in [7, 11) is 1.60. The number of ether oxygens (including phenoxy) is 1. The third-order valence-electron chi connectivity index (χ3n) is 3.94. The van der Waals surface area contributed by atoms with Crippen molar-refractivity contribution in [1.29, 1.82) is 0 Å². The number of carbonyl (C=O) groups excluding carboxylic acids is 1. The first-order chi connectivity index (χ1) is 12.0. The molecule has 5 nitrogen and oxygen atoms in total. The molecule has 134 valence electrons. The Morgan fingerprint density at radius 3 is 2.28 bits per heavy atom. The number of hydrogen-bond acceptors (Lipinski definition) is 3. The van der Waals surface area contributed by atoms with E-state index in [4.69, 9.17) is 4.74 Å². The molecule has 0 aromatic heterocycles. The number of halogens is 1. The van der Waals surface area contributed by atoms with E-state index in [1.807, 2.05) is 31.2 Å². The molecule has 2 aromatic rings. The topological polar surface area (TPSA) is 70.6 Å². The van der Waals surface area contributed by atoms with Gasteiger partial charge in [-0.05, 0) is 41.8 Å². The number of rotatable bonds is 7. The number of aliphatic hydroxyl groups excluding tert-OH is 1. The lowest BCUT2D eigenvalue weighted by atomic mass is 10.0. The molecular formula is C19H23FN2O3. The average molecular weight is 346 g/mol. The first-order valence-corrected chi connectivity index (χ1v) is 8.15. The molecule has 0 saturated heterocycles. The summed E-state index contributed by atoms with van der Waals surface area (Å²) < 4.78 is 18.0. The van der Waals surface area contributed by atoms with Crippen molar-refractivity contribution in [3.05, 3.63) is 65.5 Å². The highest BCUT2D eigenvalue weighted by atomic mass is 19.1. The van der Waals surface area contributed by atoms with Gasteiger partial charge in [0.1, 0.15) is 11.6 Å². The first kappa shape index (κ1) is 18.7. The van der Waals surface area contributed by atoms with Crippen molar-refractivity contribution in [2.24, 2.45) is 0 Å². The van der Waals surface area contributed by atoms with Gasteiger partial charge in [0.05, 0.1) is 19.3 Å². The van der Waals surface area contributed by atoms with Gasteiger partial charge in [0.25, 0.3) is 0 Å². The Morgan fingerprint density at radius 1 is 1.12 bits per heavy atom. The molecule has 0 heterocycles. The highest BCUT2D eigenvalue weighted by Crippen LogP contribution is 2.20. The lowest BCUT2D eigenvalue weighted by molar-refractivity contribution is 0.172. The van der Waals surface area contributed by atoms with Gasteiger partial charge < -0.3 is 20.5 Å². The lowest BCUT2D eigenvalue weighted by Gasteiger charge is -2.19. The Bertz CT molecular complexity index is 674. The van der Waals surface area contributed by atoms with E-state index >= 15 is 0 Å². The highest BCUT2D eigenvalue weighted by molar-refractivity contribution is 5.74. The van der Waals surface area contributed by atoms with Crippen molar-refractivity contribution < 1.29 is 19.0 Å². The van der Waals surface area contributed by atoms with Gasteiger partial charge in [-0.3, -0.25) is 0 Å². The summed E-state index contributed by atoms with van der Waals surface area (Å²) in [6.45, 7) is 2.01. The number of amides is 2. The summed E-state index contributed by atoms with van der Waals surface area (Å²) >= 11 is 0. The molecule has 3 N–H and O–H groups in total. The van der Waals surface area contributed by atoms with Gasteiger partial charge in [0.15, 0.2) is 0 Å². The zero-order valence-corrected chi connectivity index (χ0v) is 14.3. The Labute approximate surface area is 146 Å². The molecule has 0 aliphatic carbocycles. The second-order valence-electron chi connectivity index (χ2n) is 5.66. The lowest BCUT2D eigenvalue weighted by Crippen LogP contribution is -2.39. The van der Waals surface area contributed by atoms with E-state index in [9.17, 15) is 14.3 Å². The minimum Gasteiger partial charge on any atom is -0.497 e. The largest absolute Gasteiger partial charge is 0.497 e. The Kier molecular flexibility index (Phi) is 6.77. The second kappa shape index (κ2) is 9.03. The molecule has 0 fully saturated rings. The van der Waals surface area contributed by atoms with Crippen LogP contribution in [0.2, 0.25) is 0 Å². The fourth-order valence-corrected chi connectivity index (χ4v) is 2.46. The summed E-state index contributed by atoms with van der Waals surface area (Å²) in [6.07, 6.45) is -0.173. The van der Waals surface area contributed by atoms with E-state index in [1.165, 1.54) is 24.3 Å². The van der Waals surface area contributed by atoms with Crippen LogP contribution in [-0.4, -0.2) is 24.8 Å². The van der Waals surface area contributed by atoms with Crippen LogP contribution in [0.15, 0.2) is 48.5 Å². The number of urea groups is 1. The molecule has 0 bridgehead atoms.